The number of ether oxygens (including phenoxy) is 1. The number of likely N-dealkylation sites (tertiary alicyclic amines) is 1. The molecule has 1 aliphatic rings. The zero-order valence-electron chi connectivity index (χ0n) is 18.8. The molecule has 2 heterocycles. The van der Waals surface area contributed by atoms with Crippen LogP contribution in [0.2, 0.25) is 0 Å². The van der Waals surface area contributed by atoms with Crippen molar-refractivity contribution in [2.75, 3.05) is 24.9 Å². The van der Waals surface area contributed by atoms with Crippen LogP contribution >= 0.6 is 0 Å². The van der Waals surface area contributed by atoms with E-state index in [1.807, 2.05) is 42.5 Å². The first-order chi connectivity index (χ1) is 16.6. The van der Waals surface area contributed by atoms with E-state index in [1.54, 1.807) is 48.5 Å². The molecule has 1 aliphatic heterocycles. The van der Waals surface area contributed by atoms with E-state index < -0.39 is 11.0 Å². The van der Waals surface area contributed by atoms with E-state index in [0.29, 0.717) is 34.8 Å². The van der Waals surface area contributed by atoms with E-state index in [1.165, 1.54) is 5.56 Å². The molecule has 5 rings (SSSR count). The Morgan fingerprint density at radius 3 is 2.47 bits per heavy atom. The quantitative estimate of drug-likeness (QED) is 0.432. The number of benzene rings is 3. The van der Waals surface area contributed by atoms with Crippen LogP contribution in [0.5, 0.6) is 0 Å². The molecule has 1 aromatic heterocycles. The lowest BCUT2D eigenvalue weighted by Crippen LogP contribution is -2.65. The number of nitrogens with one attached hydrogen (secondary N) is 1. The molecule has 1 N–H and O–H groups in total. The lowest BCUT2D eigenvalue weighted by molar-refractivity contribution is -0.107. The molecule has 0 saturated carbocycles. The Morgan fingerprint density at radius 2 is 1.74 bits per heavy atom. The molecule has 3 aromatic carbocycles. The number of carbonyl (C=O) groups excluding carboxylic acids is 1. The van der Waals surface area contributed by atoms with Gasteiger partial charge in [-0.25, -0.2) is 4.21 Å². The molecule has 4 aromatic rings. The van der Waals surface area contributed by atoms with Gasteiger partial charge in [-0.2, -0.15) is 0 Å². The molecule has 0 radical (unpaired) electrons. The number of nitrogens with zero attached hydrogens (tertiary/aromatic N) is 2. The molecule has 172 valence electrons. The Morgan fingerprint density at radius 1 is 1.00 bits per heavy atom. The first-order valence-corrected chi connectivity index (χ1v) is 12.2. The second-order valence-corrected chi connectivity index (χ2v) is 9.67. The van der Waals surface area contributed by atoms with Crippen LogP contribution in [0, 0.1) is 0 Å². The highest BCUT2D eigenvalue weighted by Crippen LogP contribution is 2.30. The average molecular weight is 472 g/mol. The number of anilines is 1. The third-order valence-electron chi connectivity index (χ3n) is 6.19. The molecular formula is C27H25N3O3S. The number of fused-ring (bicyclic) bond motifs is 1. The normalized spacial score (nSPS) is 15.5. The maximum atomic E-state index is 13.0. The molecule has 1 atom stereocenters. The van der Waals surface area contributed by atoms with E-state index in [0.717, 1.165) is 11.8 Å². The summed E-state index contributed by atoms with van der Waals surface area (Å²) in [5.41, 5.74) is 2.81. The number of hydrogen-bond acceptors (Lipinski definition) is 4. The summed E-state index contributed by atoms with van der Waals surface area (Å²) in [4.78, 5) is 19.8. The largest absolute Gasteiger partial charge is 0.374 e. The van der Waals surface area contributed by atoms with Crippen molar-refractivity contribution < 1.29 is 13.7 Å². The minimum absolute atomic E-state index is 0.0355. The summed E-state index contributed by atoms with van der Waals surface area (Å²) < 4.78 is 21.7. The number of amides is 1. The van der Waals surface area contributed by atoms with Gasteiger partial charge in [0.2, 0.25) is 0 Å². The smallest absolute Gasteiger partial charge is 0.254 e. The van der Waals surface area contributed by atoms with Gasteiger partial charge in [-0.15, -0.1) is 0 Å². The zero-order chi connectivity index (χ0) is 23.5. The number of carbonyl (C=O) groups is 1. The highest BCUT2D eigenvalue weighted by atomic mass is 32.2. The predicted octanol–water partition coefficient (Wildman–Crippen LogP) is 4.45. The summed E-state index contributed by atoms with van der Waals surface area (Å²) in [5.74, 6) is -0.0355. The first-order valence-electron chi connectivity index (χ1n) is 11.1. The highest BCUT2D eigenvalue weighted by molar-refractivity contribution is 7.86. The summed E-state index contributed by atoms with van der Waals surface area (Å²) in [6, 6.07) is 26.7. The standard InChI is InChI=1S/C27H25N3O3S/c1-33-27(17-20-7-3-2-4-8-20)18-30(19-27)26(31)22-12-14-23(15-13-22)29-34(32)24-11-5-9-21-10-6-16-28-25(21)24/h2-16,29H,17-19H2,1H3. The molecular weight excluding hydrogens is 446 g/mol. The number of pyridine rings is 1. The third-order valence-corrected chi connectivity index (χ3v) is 7.34. The van der Waals surface area contributed by atoms with Crippen molar-refractivity contribution in [1.82, 2.24) is 9.88 Å². The van der Waals surface area contributed by atoms with Gasteiger partial charge in [-0.3, -0.25) is 9.78 Å². The summed E-state index contributed by atoms with van der Waals surface area (Å²) in [5, 5.41) is 0.935. The summed E-state index contributed by atoms with van der Waals surface area (Å²) in [6.45, 7) is 1.10. The van der Waals surface area contributed by atoms with Crippen LogP contribution in [0.15, 0.2) is 96.0 Å². The topological polar surface area (TPSA) is 71.5 Å². The van der Waals surface area contributed by atoms with Crippen LogP contribution in [0.25, 0.3) is 10.9 Å². The van der Waals surface area contributed by atoms with E-state index >= 15 is 0 Å². The van der Waals surface area contributed by atoms with Gasteiger partial charge in [0.15, 0.2) is 11.0 Å². The van der Waals surface area contributed by atoms with E-state index in [2.05, 4.69) is 21.8 Å². The summed E-state index contributed by atoms with van der Waals surface area (Å²) in [7, 11) is 0.224. The second-order valence-electron chi connectivity index (χ2n) is 8.49. The van der Waals surface area contributed by atoms with Crippen molar-refractivity contribution >= 4 is 33.5 Å². The Bertz CT molecular complexity index is 1330. The molecule has 1 unspecified atom stereocenters. The Hall–Kier alpha value is -3.55. The lowest BCUT2D eigenvalue weighted by atomic mass is 9.86. The molecule has 6 nitrogen and oxygen atoms in total. The van der Waals surface area contributed by atoms with Crippen molar-refractivity contribution in [2.24, 2.45) is 0 Å². The number of para-hydroxylation sites is 1. The Kier molecular flexibility index (Phi) is 6.13. The fourth-order valence-corrected chi connectivity index (χ4v) is 5.33. The molecule has 1 saturated heterocycles. The Labute approximate surface area is 201 Å². The fourth-order valence-electron chi connectivity index (χ4n) is 4.33. The minimum atomic E-state index is -1.48. The molecule has 1 amide bonds. The maximum absolute atomic E-state index is 13.0. The monoisotopic (exact) mass is 471 g/mol. The van der Waals surface area contributed by atoms with Crippen LogP contribution in [0.3, 0.4) is 0 Å². The van der Waals surface area contributed by atoms with Crippen LogP contribution in [0.4, 0.5) is 5.69 Å². The van der Waals surface area contributed by atoms with Crippen molar-refractivity contribution in [3.63, 3.8) is 0 Å². The van der Waals surface area contributed by atoms with Crippen LogP contribution in [-0.4, -0.2) is 45.8 Å². The molecule has 1 fully saturated rings. The zero-order valence-corrected chi connectivity index (χ0v) is 19.6. The van der Waals surface area contributed by atoms with Gasteiger partial charge in [-0.1, -0.05) is 48.5 Å². The molecule has 34 heavy (non-hydrogen) atoms. The summed E-state index contributed by atoms with van der Waals surface area (Å²) >= 11 is 0. The van der Waals surface area contributed by atoms with Gasteiger partial charge in [0.25, 0.3) is 5.91 Å². The fraction of sp³-hybridized carbons (Fsp3) is 0.185. The second kappa shape index (κ2) is 9.37. The lowest BCUT2D eigenvalue weighted by Gasteiger charge is -2.49. The van der Waals surface area contributed by atoms with E-state index in [-0.39, 0.29) is 11.5 Å². The van der Waals surface area contributed by atoms with Crippen molar-refractivity contribution in [2.45, 2.75) is 16.9 Å². The number of rotatable bonds is 7. The first kappa shape index (κ1) is 22.3. The van der Waals surface area contributed by atoms with Crippen LogP contribution in [-0.2, 0) is 22.1 Å². The van der Waals surface area contributed by atoms with Gasteiger partial charge < -0.3 is 14.4 Å². The van der Waals surface area contributed by atoms with Gasteiger partial charge in [-0.05, 0) is 42.0 Å². The molecule has 0 aliphatic carbocycles. The van der Waals surface area contributed by atoms with Crippen LogP contribution in [0.1, 0.15) is 15.9 Å². The van der Waals surface area contributed by atoms with Gasteiger partial charge in [0.05, 0.1) is 23.5 Å². The molecule has 7 heteroatoms. The SMILES string of the molecule is COC1(Cc2ccccc2)CN(C(=O)c2ccc(NS(=O)c3cccc4cccnc34)cc2)C1. The number of methoxy groups -OCH3 is 1. The minimum Gasteiger partial charge on any atom is -0.374 e. The van der Waals surface area contributed by atoms with Crippen molar-refractivity contribution in [3.8, 4) is 0 Å². The van der Waals surface area contributed by atoms with Gasteiger partial charge in [0.1, 0.15) is 5.60 Å². The van der Waals surface area contributed by atoms with E-state index in [4.69, 9.17) is 4.74 Å². The highest BCUT2D eigenvalue weighted by Gasteiger charge is 2.45. The predicted molar refractivity (Wildman–Crippen MR) is 134 cm³/mol. The average Bonchev–Trinajstić information content (AvgIpc) is 2.86. The van der Waals surface area contributed by atoms with E-state index in [9.17, 15) is 9.00 Å². The third kappa shape index (κ3) is 4.44. The summed E-state index contributed by atoms with van der Waals surface area (Å²) in [6.07, 6.45) is 2.46. The van der Waals surface area contributed by atoms with Crippen LogP contribution < -0.4 is 4.72 Å². The molecule has 0 spiro atoms. The van der Waals surface area contributed by atoms with Crippen molar-refractivity contribution in [3.05, 3.63) is 102 Å². The maximum Gasteiger partial charge on any atom is 0.254 e. The van der Waals surface area contributed by atoms with Crippen molar-refractivity contribution in [1.29, 1.82) is 0 Å². The Balaban J connectivity index is 1.23. The van der Waals surface area contributed by atoms with Gasteiger partial charge >= 0.3 is 0 Å². The number of aromatic nitrogens is 1. The van der Waals surface area contributed by atoms with Gasteiger partial charge in [0, 0.05) is 36.4 Å². The number of hydrogen-bond donors (Lipinski definition) is 1. The molecule has 0 bridgehead atoms.